The molecule has 0 spiro atoms. The van der Waals surface area contributed by atoms with Crippen molar-refractivity contribution < 1.29 is 0 Å². The molecule has 52 valence electrons. The third kappa shape index (κ3) is 0.970. The fourth-order valence-electron chi connectivity index (χ4n) is 1.88. The summed E-state index contributed by atoms with van der Waals surface area (Å²) < 4.78 is 0. The molecule has 0 aromatic rings. The van der Waals surface area contributed by atoms with E-state index in [0.717, 1.165) is 6.17 Å². The van der Waals surface area contributed by atoms with Crippen LogP contribution in [0.4, 0.5) is 0 Å². The fraction of sp³-hybridized carbons (Fsp3) is 1.00. The van der Waals surface area contributed by atoms with E-state index in [1.54, 1.807) is 0 Å². The number of nitrogens with one attached hydrogen (secondary N) is 1. The molecular formula is C7H14N2. The maximum Gasteiger partial charge on any atom is 0.0597 e. The summed E-state index contributed by atoms with van der Waals surface area (Å²) in [4.78, 5) is 2.56. The first-order chi connectivity index (χ1) is 4.47. The number of nitrogens with zero attached hydrogens (tertiary/aromatic N) is 1. The molecule has 0 amide bonds. The van der Waals surface area contributed by atoms with Crippen molar-refractivity contribution in [2.75, 3.05) is 19.6 Å². The van der Waals surface area contributed by atoms with Crippen LogP contribution in [0.1, 0.15) is 19.3 Å². The molecule has 0 aliphatic carbocycles. The highest BCUT2D eigenvalue weighted by Crippen LogP contribution is 2.17. The first-order valence-corrected chi connectivity index (χ1v) is 3.94. The van der Waals surface area contributed by atoms with Gasteiger partial charge in [-0.25, -0.2) is 0 Å². The normalized spacial score (nSPS) is 36.7. The fourth-order valence-corrected chi connectivity index (χ4v) is 1.88. The largest absolute Gasteiger partial charge is 0.302 e. The van der Waals surface area contributed by atoms with Crippen LogP contribution in [0.25, 0.3) is 0 Å². The number of fused-ring (bicyclic) bond motifs is 1. The molecule has 2 fully saturated rings. The van der Waals surface area contributed by atoms with E-state index in [9.17, 15) is 0 Å². The minimum Gasteiger partial charge on any atom is -0.302 e. The lowest BCUT2D eigenvalue weighted by Crippen LogP contribution is -2.47. The average molecular weight is 126 g/mol. The summed E-state index contributed by atoms with van der Waals surface area (Å²) in [5.74, 6) is 0. The second-order valence-corrected chi connectivity index (χ2v) is 3.00. The zero-order valence-corrected chi connectivity index (χ0v) is 5.77. The van der Waals surface area contributed by atoms with E-state index in [-0.39, 0.29) is 0 Å². The lowest BCUT2D eigenvalue weighted by atomic mass is 10.2. The number of hydrogen-bond acceptors (Lipinski definition) is 2. The van der Waals surface area contributed by atoms with E-state index in [1.807, 2.05) is 0 Å². The van der Waals surface area contributed by atoms with Gasteiger partial charge in [0.05, 0.1) is 6.17 Å². The summed E-state index contributed by atoms with van der Waals surface area (Å²) in [7, 11) is 0. The van der Waals surface area contributed by atoms with Gasteiger partial charge in [0, 0.05) is 6.54 Å². The zero-order chi connectivity index (χ0) is 6.10. The highest BCUT2D eigenvalue weighted by molar-refractivity contribution is 4.80. The van der Waals surface area contributed by atoms with Gasteiger partial charge in [-0.3, -0.25) is 4.90 Å². The highest BCUT2D eigenvalue weighted by Gasteiger charge is 2.25. The first kappa shape index (κ1) is 5.69. The van der Waals surface area contributed by atoms with E-state index in [1.165, 1.54) is 38.9 Å². The molecule has 2 heteroatoms. The van der Waals surface area contributed by atoms with Gasteiger partial charge in [0.2, 0.25) is 0 Å². The summed E-state index contributed by atoms with van der Waals surface area (Å²) in [6, 6.07) is 0. The van der Waals surface area contributed by atoms with E-state index in [4.69, 9.17) is 0 Å². The van der Waals surface area contributed by atoms with Crippen LogP contribution in [0.5, 0.6) is 0 Å². The van der Waals surface area contributed by atoms with Crippen LogP contribution < -0.4 is 5.32 Å². The molecule has 2 aliphatic heterocycles. The maximum absolute atomic E-state index is 3.51. The topological polar surface area (TPSA) is 15.3 Å². The quantitative estimate of drug-likeness (QED) is 0.505. The predicted octanol–water partition coefficient (Wildman–Crippen LogP) is 0.402. The van der Waals surface area contributed by atoms with Crippen LogP contribution in [-0.4, -0.2) is 30.7 Å². The number of hydrogen-bond donors (Lipinski definition) is 1. The summed E-state index contributed by atoms with van der Waals surface area (Å²) in [6.45, 7) is 3.90. The van der Waals surface area contributed by atoms with Gasteiger partial charge in [-0.2, -0.15) is 0 Å². The van der Waals surface area contributed by atoms with Crippen LogP contribution in [0.2, 0.25) is 0 Å². The molecule has 2 heterocycles. The minimum atomic E-state index is 0.749. The van der Waals surface area contributed by atoms with Crippen molar-refractivity contribution in [3.8, 4) is 0 Å². The summed E-state index contributed by atoms with van der Waals surface area (Å²) in [6.07, 6.45) is 4.87. The molecule has 2 rings (SSSR count). The zero-order valence-electron chi connectivity index (χ0n) is 5.77. The summed E-state index contributed by atoms with van der Waals surface area (Å²) >= 11 is 0. The van der Waals surface area contributed by atoms with Crippen LogP contribution in [0, 0.1) is 0 Å². The van der Waals surface area contributed by atoms with Gasteiger partial charge in [-0.05, 0) is 32.4 Å². The van der Waals surface area contributed by atoms with Gasteiger partial charge in [-0.15, -0.1) is 0 Å². The van der Waals surface area contributed by atoms with E-state index in [0.29, 0.717) is 0 Å². The van der Waals surface area contributed by atoms with Crippen LogP contribution >= 0.6 is 0 Å². The number of rotatable bonds is 0. The van der Waals surface area contributed by atoms with Crippen molar-refractivity contribution in [3.05, 3.63) is 0 Å². The van der Waals surface area contributed by atoms with Crippen molar-refractivity contribution in [3.63, 3.8) is 0 Å². The predicted molar refractivity (Wildman–Crippen MR) is 37.2 cm³/mol. The van der Waals surface area contributed by atoms with Crippen molar-refractivity contribution in [1.82, 2.24) is 10.2 Å². The van der Waals surface area contributed by atoms with Gasteiger partial charge in [-0.1, -0.05) is 0 Å². The van der Waals surface area contributed by atoms with Crippen LogP contribution in [0.3, 0.4) is 0 Å². The third-order valence-electron chi connectivity index (χ3n) is 2.37. The van der Waals surface area contributed by atoms with Crippen LogP contribution in [-0.2, 0) is 0 Å². The van der Waals surface area contributed by atoms with Gasteiger partial charge < -0.3 is 5.32 Å². The standard InChI is InChI=1S/C7H14N2/c1-3-7-8-4-2-6-9(7)5-1/h7-8H,1-6H2/t7-/m0/s1. The highest BCUT2D eigenvalue weighted by atomic mass is 15.3. The molecule has 0 radical (unpaired) electrons. The molecule has 0 aromatic carbocycles. The van der Waals surface area contributed by atoms with Gasteiger partial charge in [0.15, 0.2) is 0 Å². The smallest absolute Gasteiger partial charge is 0.0597 e. The Labute approximate surface area is 56.2 Å². The monoisotopic (exact) mass is 126 g/mol. The molecule has 2 aliphatic rings. The Balaban J connectivity index is 1.97. The molecule has 9 heavy (non-hydrogen) atoms. The van der Waals surface area contributed by atoms with Crippen molar-refractivity contribution in [2.45, 2.75) is 25.4 Å². The Morgan fingerprint density at radius 1 is 1.22 bits per heavy atom. The molecule has 0 saturated carbocycles. The second-order valence-electron chi connectivity index (χ2n) is 3.00. The van der Waals surface area contributed by atoms with Gasteiger partial charge in [0.1, 0.15) is 0 Å². The first-order valence-electron chi connectivity index (χ1n) is 3.94. The second kappa shape index (κ2) is 2.27. The van der Waals surface area contributed by atoms with E-state index >= 15 is 0 Å². The molecule has 0 bridgehead atoms. The van der Waals surface area contributed by atoms with Crippen molar-refractivity contribution in [1.29, 1.82) is 0 Å². The molecule has 0 aromatic heterocycles. The lowest BCUT2D eigenvalue weighted by molar-refractivity contribution is 0.179. The van der Waals surface area contributed by atoms with Crippen molar-refractivity contribution in [2.24, 2.45) is 0 Å². The molecule has 0 unspecified atom stereocenters. The van der Waals surface area contributed by atoms with Crippen molar-refractivity contribution >= 4 is 0 Å². The van der Waals surface area contributed by atoms with E-state index in [2.05, 4.69) is 10.2 Å². The molecule has 1 N–H and O–H groups in total. The average Bonchev–Trinajstić information content (AvgIpc) is 2.33. The molecule has 2 saturated heterocycles. The Bertz CT molecular complexity index is 91.1. The Hall–Kier alpha value is -0.0800. The molecule has 2 nitrogen and oxygen atoms in total. The SMILES string of the molecule is C1CN[C@@H]2CCCN2C1. The molecule has 1 atom stereocenters. The van der Waals surface area contributed by atoms with Gasteiger partial charge >= 0.3 is 0 Å². The minimum absolute atomic E-state index is 0.749. The Kier molecular flexibility index (Phi) is 1.44. The van der Waals surface area contributed by atoms with Crippen LogP contribution in [0.15, 0.2) is 0 Å². The van der Waals surface area contributed by atoms with E-state index < -0.39 is 0 Å². The summed E-state index contributed by atoms with van der Waals surface area (Å²) in [5, 5.41) is 3.51. The molecular weight excluding hydrogens is 112 g/mol. The lowest BCUT2D eigenvalue weighted by Gasteiger charge is -2.30. The third-order valence-corrected chi connectivity index (χ3v) is 2.37. The van der Waals surface area contributed by atoms with Gasteiger partial charge in [0.25, 0.3) is 0 Å². The summed E-state index contributed by atoms with van der Waals surface area (Å²) in [5.41, 5.74) is 0. The maximum atomic E-state index is 3.51. The Morgan fingerprint density at radius 2 is 2.11 bits per heavy atom. The Morgan fingerprint density at radius 3 is 3.00 bits per heavy atom.